The van der Waals surface area contributed by atoms with Gasteiger partial charge in [0.2, 0.25) is 5.78 Å². The van der Waals surface area contributed by atoms with Crippen LogP contribution < -0.4 is 0 Å². The molecule has 0 radical (unpaired) electrons. The fourth-order valence-corrected chi connectivity index (χ4v) is 1.26. The minimum Gasteiger partial charge on any atom is -0.280 e. The average Bonchev–Trinajstić information content (AvgIpc) is 2.39. The molecule has 0 bridgehead atoms. The molecule has 0 aliphatic heterocycles. The van der Waals surface area contributed by atoms with Crippen LogP contribution in [-0.4, -0.2) is 5.78 Å². The van der Waals surface area contributed by atoms with Crippen LogP contribution in [-0.2, 0) is 4.79 Å². The lowest BCUT2D eigenvalue weighted by Gasteiger charge is -1.92. The molecule has 0 aliphatic carbocycles. The molecule has 0 amide bonds. The van der Waals surface area contributed by atoms with Crippen molar-refractivity contribution in [2.75, 3.05) is 0 Å². The quantitative estimate of drug-likeness (QED) is 0.203. The van der Waals surface area contributed by atoms with E-state index in [0.717, 1.165) is 6.42 Å². The topological polar surface area (TPSA) is 17.1 Å². The highest BCUT2D eigenvalue weighted by atomic mass is 16.1. The summed E-state index contributed by atoms with van der Waals surface area (Å²) in [5.74, 6) is 4.80. The summed E-state index contributed by atoms with van der Waals surface area (Å²) in [5.41, 5.74) is 0. The van der Waals surface area contributed by atoms with E-state index in [1.807, 2.05) is 24.3 Å². The van der Waals surface area contributed by atoms with Crippen molar-refractivity contribution in [2.45, 2.75) is 39.0 Å². The van der Waals surface area contributed by atoms with Crippen LogP contribution in [0.2, 0.25) is 0 Å². The van der Waals surface area contributed by atoms with Gasteiger partial charge in [0.15, 0.2) is 0 Å². The number of hydrogen-bond donors (Lipinski definition) is 0. The van der Waals surface area contributed by atoms with E-state index in [0.29, 0.717) is 0 Å². The van der Waals surface area contributed by atoms with Crippen molar-refractivity contribution in [1.82, 2.24) is 0 Å². The number of allylic oxidation sites excluding steroid dienone is 7. The van der Waals surface area contributed by atoms with Crippen LogP contribution in [0.25, 0.3) is 0 Å². The third-order valence-electron chi connectivity index (χ3n) is 2.25. The van der Waals surface area contributed by atoms with Crippen LogP contribution in [0.15, 0.2) is 49.1 Å². The Kier molecular flexibility index (Phi) is 11.9. The Morgan fingerprint density at radius 1 is 1.11 bits per heavy atom. The summed E-state index contributed by atoms with van der Waals surface area (Å²) in [6.07, 6.45) is 19.1. The molecule has 0 heterocycles. The van der Waals surface area contributed by atoms with E-state index in [1.165, 1.54) is 31.8 Å². The molecule has 0 N–H and O–H groups in total. The second-order valence-electron chi connectivity index (χ2n) is 3.86. The Hall–Kier alpha value is -1.81. The van der Waals surface area contributed by atoms with Crippen molar-refractivity contribution in [1.29, 1.82) is 0 Å². The van der Waals surface area contributed by atoms with E-state index < -0.39 is 0 Å². The highest BCUT2D eigenvalue weighted by Crippen LogP contribution is 2.02. The van der Waals surface area contributed by atoms with Crippen molar-refractivity contribution in [3.8, 4) is 11.8 Å². The van der Waals surface area contributed by atoms with Gasteiger partial charge in [-0.05, 0) is 30.9 Å². The predicted molar refractivity (Wildman–Crippen MR) is 79.2 cm³/mol. The van der Waals surface area contributed by atoms with Gasteiger partial charge >= 0.3 is 0 Å². The molecule has 96 valence electrons. The van der Waals surface area contributed by atoms with Crippen molar-refractivity contribution >= 4 is 5.78 Å². The summed E-state index contributed by atoms with van der Waals surface area (Å²) in [4.78, 5) is 10.7. The van der Waals surface area contributed by atoms with Crippen LogP contribution >= 0.6 is 0 Å². The molecule has 0 atom stereocenters. The van der Waals surface area contributed by atoms with Crippen molar-refractivity contribution < 1.29 is 4.79 Å². The van der Waals surface area contributed by atoms with Crippen LogP contribution in [0, 0.1) is 11.8 Å². The Morgan fingerprint density at radius 2 is 1.89 bits per heavy atom. The average molecular weight is 242 g/mol. The van der Waals surface area contributed by atoms with Crippen LogP contribution in [0.4, 0.5) is 0 Å². The first-order valence-electron chi connectivity index (χ1n) is 6.47. The maximum Gasteiger partial charge on any atom is 0.228 e. The lowest BCUT2D eigenvalue weighted by molar-refractivity contribution is -0.109. The van der Waals surface area contributed by atoms with E-state index in [2.05, 4.69) is 31.4 Å². The maximum atomic E-state index is 10.7. The zero-order valence-electron chi connectivity index (χ0n) is 11.2. The zero-order valence-corrected chi connectivity index (χ0v) is 11.2. The van der Waals surface area contributed by atoms with Gasteiger partial charge in [-0.2, -0.15) is 0 Å². The fraction of sp³-hybridized carbons (Fsp3) is 0.353. The molecule has 0 unspecified atom stereocenters. The van der Waals surface area contributed by atoms with Gasteiger partial charge in [-0.25, -0.2) is 0 Å². The molecule has 0 fully saturated rings. The van der Waals surface area contributed by atoms with Crippen molar-refractivity contribution in [3.63, 3.8) is 0 Å². The molecule has 0 rings (SSSR count). The first-order chi connectivity index (χ1) is 8.81. The number of rotatable bonds is 8. The standard InChI is InChI=1S/C17H22O/c1-3-5-6-7-8-9-10-11-12-13-14-15-16-17(18)4-2/h4,9-14H,2-3,5-8H2,1H3. The molecule has 18 heavy (non-hydrogen) atoms. The minimum atomic E-state index is -0.254. The van der Waals surface area contributed by atoms with Gasteiger partial charge in [-0.15, -0.1) is 0 Å². The van der Waals surface area contributed by atoms with Crippen LogP contribution in [0.5, 0.6) is 0 Å². The summed E-state index contributed by atoms with van der Waals surface area (Å²) in [5, 5.41) is 0. The molecule has 0 aromatic carbocycles. The normalized spacial score (nSPS) is 10.9. The van der Waals surface area contributed by atoms with Gasteiger partial charge in [0.05, 0.1) is 0 Å². The van der Waals surface area contributed by atoms with Gasteiger partial charge < -0.3 is 0 Å². The van der Waals surface area contributed by atoms with Crippen molar-refractivity contribution in [3.05, 3.63) is 49.1 Å². The largest absolute Gasteiger partial charge is 0.280 e. The van der Waals surface area contributed by atoms with E-state index >= 15 is 0 Å². The molecule has 0 spiro atoms. The van der Waals surface area contributed by atoms with Gasteiger partial charge in [0, 0.05) is 0 Å². The third-order valence-corrected chi connectivity index (χ3v) is 2.25. The first-order valence-corrected chi connectivity index (χ1v) is 6.47. The summed E-state index contributed by atoms with van der Waals surface area (Å²) in [6, 6.07) is 0. The van der Waals surface area contributed by atoms with Gasteiger partial charge in [-0.1, -0.05) is 69.1 Å². The predicted octanol–water partition coefficient (Wildman–Crippen LogP) is 4.38. The highest BCUT2D eigenvalue weighted by Gasteiger charge is 1.83. The third kappa shape index (κ3) is 12.3. The Bertz CT molecular complexity index is 372. The van der Waals surface area contributed by atoms with Gasteiger partial charge in [0.1, 0.15) is 0 Å². The van der Waals surface area contributed by atoms with Crippen molar-refractivity contribution in [2.24, 2.45) is 0 Å². The molecule has 0 aliphatic rings. The maximum absolute atomic E-state index is 10.7. The molecule has 1 heteroatoms. The number of unbranched alkanes of at least 4 members (excludes halogenated alkanes) is 4. The van der Waals surface area contributed by atoms with Gasteiger partial charge in [0.25, 0.3) is 0 Å². The summed E-state index contributed by atoms with van der Waals surface area (Å²) >= 11 is 0. The second-order valence-corrected chi connectivity index (χ2v) is 3.86. The van der Waals surface area contributed by atoms with Crippen LogP contribution in [0.3, 0.4) is 0 Å². The lowest BCUT2D eigenvalue weighted by Crippen LogP contribution is -1.81. The molecule has 0 saturated heterocycles. The molecular formula is C17H22O. The number of ketones is 1. The Morgan fingerprint density at radius 3 is 2.61 bits per heavy atom. The molecule has 0 aromatic rings. The Balaban J connectivity index is 3.66. The number of hydrogen-bond acceptors (Lipinski definition) is 1. The minimum absolute atomic E-state index is 0.254. The smallest absolute Gasteiger partial charge is 0.228 e. The Labute approximate surface area is 111 Å². The monoisotopic (exact) mass is 242 g/mol. The second kappa shape index (κ2) is 13.3. The van der Waals surface area contributed by atoms with Gasteiger partial charge in [-0.3, -0.25) is 4.79 Å². The number of carbonyl (C=O) groups is 1. The van der Waals surface area contributed by atoms with Crippen LogP contribution in [0.1, 0.15) is 39.0 Å². The highest BCUT2D eigenvalue weighted by molar-refractivity contribution is 6.03. The van der Waals surface area contributed by atoms with E-state index in [9.17, 15) is 4.79 Å². The molecule has 0 aromatic heterocycles. The molecular weight excluding hydrogens is 220 g/mol. The number of carbonyl (C=O) groups excluding carboxylic acids is 1. The summed E-state index contributed by atoms with van der Waals surface area (Å²) in [6.45, 7) is 5.56. The zero-order chi connectivity index (χ0) is 13.5. The van der Waals surface area contributed by atoms with E-state index in [-0.39, 0.29) is 5.78 Å². The van der Waals surface area contributed by atoms with E-state index in [1.54, 1.807) is 6.08 Å². The summed E-state index contributed by atoms with van der Waals surface area (Å²) in [7, 11) is 0. The lowest BCUT2D eigenvalue weighted by atomic mass is 10.1. The molecule has 1 nitrogen and oxygen atoms in total. The molecule has 0 saturated carbocycles. The first kappa shape index (κ1) is 16.2. The summed E-state index contributed by atoms with van der Waals surface area (Å²) < 4.78 is 0. The SMILES string of the molecule is C=CC(=O)C#CC=CC=CC=CCCCCCC. The van der Waals surface area contributed by atoms with E-state index in [4.69, 9.17) is 0 Å². The fourth-order valence-electron chi connectivity index (χ4n) is 1.26.